The third-order valence-electron chi connectivity index (χ3n) is 3.49. The van der Waals surface area contributed by atoms with E-state index in [1.165, 1.54) is 0 Å². The molecule has 2 aromatic rings. The first-order valence-corrected chi connectivity index (χ1v) is 8.81. The van der Waals surface area contributed by atoms with Gasteiger partial charge in [-0.25, -0.2) is 10.4 Å². The van der Waals surface area contributed by atoms with E-state index in [2.05, 4.69) is 34.3 Å². The van der Waals surface area contributed by atoms with Crippen LogP contribution < -0.4 is 15.6 Å². The Bertz CT molecular complexity index is 713. The molecule has 0 saturated heterocycles. The Balaban J connectivity index is 2.07. The quantitative estimate of drug-likeness (QED) is 0.505. The smallest absolute Gasteiger partial charge is 0.219 e. The van der Waals surface area contributed by atoms with Crippen LogP contribution in [-0.2, 0) is 0 Å². The van der Waals surface area contributed by atoms with Crippen LogP contribution >= 0.6 is 0 Å². The van der Waals surface area contributed by atoms with Gasteiger partial charge in [0.05, 0.1) is 11.4 Å². The number of aliphatic imine (C=N–C) groups is 1. The molecule has 0 unspecified atom stereocenters. The van der Waals surface area contributed by atoms with Gasteiger partial charge in [0.1, 0.15) is 5.75 Å². The van der Waals surface area contributed by atoms with Crippen LogP contribution in [0.1, 0.15) is 25.8 Å². The zero-order chi connectivity index (χ0) is 18.8. The average Bonchev–Trinajstić information content (AvgIpc) is 2.66. The van der Waals surface area contributed by atoms with Gasteiger partial charge >= 0.3 is 0 Å². The zero-order valence-corrected chi connectivity index (χ0v) is 15.7. The van der Waals surface area contributed by atoms with Crippen LogP contribution in [0.3, 0.4) is 0 Å². The molecule has 6 nitrogen and oxygen atoms in total. The molecular weight excluding hydrogens is 326 g/mol. The maximum Gasteiger partial charge on any atom is 0.219 e. The molecule has 1 heterocycles. The van der Waals surface area contributed by atoms with Gasteiger partial charge in [0.15, 0.2) is 0 Å². The Morgan fingerprint density at radius 1 is 1.19 bits per heavy atom. The average molecular weight is 353 g/mol. The van der Waals surface area contributed by atoms with Crippen LogP contribution in [0, 0.1) is 0 Å². The molecule has 0 aliphatic heterocycles. The Labute approximate surface area is 155 Å². The fraction of sp³-hybridized carbons (Fsp3) is 0.300. The topological polar surface area (TPSA) is 61.8 Å². The first kappa shape index (κ1) is 19.6. The van der Waals surface area contributed by atoms with E-state index in [1.54, 1.807) is 11.3 Å². The summed E-state index contributed by atoms with van der Waals surface area (Å²) in [6.07, 6.45) is 2.75. The van der Waals surface area contributed by atoms with E-state index >= 15 is 0 Å². The molecule has 0 radical (unpaired) electrons. The molecule has 6 heteroatoms. The van der Waals surface area contributed by atoms with Gasteiger partial charge in [0.25, 0.3) is 0 Å². The predicted molar refractivity (Wildman–Crippen MR) is 106 cm³/mol. The third-order valence-corrected chi connectivity index (χ3v) is 3.49. The van der Waals surface area contributed by atoms with Crippen LogP contribution in [0.15, 0.2) is 65.9 Å². The Morgan fingerprint density at radius 3 is 2.58 bits per heavy atom. The van der Waals surface area contributed by atoms with E-state index in [0.717, 1.165) is 35.7 Å². The van der Waals surface area contributed by atoms with E-state index in [4.69, 9.17) is 4.74 Å². The largest absolute Gasteiger partial charge is 0.439 e. The lowest BCUT2D eigenvalue weighted by Crippen LogP contribution is -2.46. The number of hydrazine groups is 2. The van der Waals surface area contributed by atoms with Crippen molar-refractivity contribution >= 4 is 5.71 Å². The number of benzene rings is 1. The van der Waals surface area contributed by atoms with Crippen molar-refractivity contribution in [3.8, 4) is 11.6 Å². The van der Waals surface area contributed by atoms with Gasteiger partial charge in [-0.05, 0) is 43.7 Å². The SMILES string of the molecule is C=C(NN(C)NCCC)C(=NCC)c1ccc(Oc2ccccn2)cc1. The van der Waals surface area contributed by atoms with Gasteiger partial charge in [0.2, 0.25) is 5.88 Å². The fourth-order valence-electron chi connectivity index (χ4n) is 2.30. The number of nitrogens with one attached hydrogen (secondary N) is 2. The first-order chi connectivity index (χ1) is 12.6. The summed E-state index contributed by atoms with van der Waals surface area (Å²) in [5.74, 6) is 1.29. The van der Waals surface area contributed by atoms with Gasteiger partial charge in [-0.3, -0.25) is 4.99 Å². The Hall–Kier alpha value is -2.70. The molecule has 0 spiro atoms. The molecule has 0 atom stereocenters. The number of allylic oxidation sites excluding steroid dienone is 1. The standard InChI is InChI=1S/C20H27N5O/c1-5-14-23-25(4)24-16(3)20(21-6-2)17-10-12-18(13-11-17)26-19-9-7-8-15-22-19/h7-13,15,23-24H,3,5-6,14H2,1-2,4H3. The monoisotopic (exact) mass is 353 g/mol. The summed E-state index contributed by atoms with van der Waals surface area (Å²) in [4.78, 5) is 8.75. The maximum absolute atomic E-state index is 5.74. The van der Waals surface area contributed by atoms with Crippen molar-refractivity contribution in [1.82, 2.24) is 21.0 Å². The minimum Gasteiger partial charge on any atom is -0.439 e. The molecule has 0 fully saturated rings. The van der Waals surface area contributed by atoms with Crippen LogP contribution in [0.4, 0.5) is 0 Å². The van der Waals surface area contributed by atoms with E-state index in [1.807, 2.05) is 56.4 Å². The van der Waals surface area contributed by atoms with Crippen LogP contribution in [0.25, 0.3) is 0 Å². The summed E-state index contributed by atoms with van der Waals surface area (Å²) in [6, 6.07) is 13.3. The minimum absolute atomic E-state index is 0.567. The van der Waals surface area contributed by atoms with E-state index in [0.29, 0.717) is 12.4 Å². The lowest BCUT2D eigenvalue weighted by atomic mass is 10.1. The second kappa shape index (κ2) is 10.3. The molecule has 138 valence electrons. The second-order valence-electron chi connectivity index (χ2n) is 5.67. The van der Waals surface area contributed by atoms with Crippen molar-refractivity contribution in [2.45, 2.75) is 20.3 Å². The number of rotatable bonds is 10. The van der Waals surface area contributed by atoms with Gasteiger partial charge in [0, 0.05) is 38.0 Å². The highest BCUT2D eigenvalue weighted by molar-refractivity contribution is 6.11. The highest BCUT2D eigenvalue weighted by Gasteiger charge is 2.10. The van der Waals surface area contributed by atoms with Crippen LogP contribution in [0.2, 0.25) is 0 Å². The van der Waals surface area contributed by atoms with Crippen molar-refractivity contribution in [2.24, 2.45) is 4.99 Å². The van der Waals surface area contributed by atoms with E-state index in [-0.39, 0.29) is 0 Å². The molecule has 2 rings (SSSR count). The molecule has 0 aliphatic carbocycles. The van der Waals surface area contributed by atoms with Gasteiger partial charge < -0.3 is 10.2 Å². The summed E-state index contributed by atoms with van der Waals surface area (Å²) >= 11 is 0. The molecule has 2 N–H and O–H groups in total. The van der Waals surface area contributed by atoms with Crippen molar-refractivity contribution in [3.05, 3.63) is 66.5 Å². The summed E-state index contributed by atoms with van der Waals surface area (Å²) in [5, 5.41) is 1.80. The van der Waals surface area contributed by atoms with Crippen LogP contribution in [0.5, 0.6) is 11.6 Å². The Morgan fingerprint density at radius 2 is 1.96 bits per heavy atom. The molecule has 0 amide bonds. The molecule has 0 aliphatic rings. The minimum atomic E-state index is 0.567. The molecule has 1 aromatic carbocycles. The highest BCUT2D eigenvalue weighted by Crippen LogP contribution is 2.20. The lowest BCUT2D eigenvalue weighted by molar-refractivity contribution is 0.181. The number of hydrogen-bond donors (Lipinski definition) is 2. The number of hydrogen-bond acceptors (Lipinski definition) is 6. The molecule has 0 bridgehead atoms. The predicted octanol–water partition coefficient (Wildman–Crippen LogP) is 3.55. The number of pyridine rings is 1. The fourth-order valence-corrected chi connectivity index (χ4v) is 2.30. The first-order valence-electron chi connectivity index (χ1n) is 8.81. The summed E-state index contributed by atoms with van der Waals surface area (Å²) < 4.78 is 5.74. The number of ether oxygens (including phenoxy) is 1. The zero-order valence-electron chi connectivity index (χ0n) is 15.7. The molecule has 26 heavy (non-hydrogen) atoms. The van der Waals surface area contributed by atoms with E-state index in [9.17, 15) is 0 Å². The summed E-state index contributed by atoms with van der Waals surface area (Å²) in [7, 11) is 1.91. The van der Waals surface area contributed by atoms with Crippen molar-refractivity contribution in [3.63, 3.8) is 0 Å². The normalized spacial score (nSPS) is 11.5. The molecule has 0 saturated carbocycles. The molecular formula is C20H27N5O. The van der Waals surface area contributed by atoms with E-state index < -0.39 is 0 Å². The lowest BCUT2D eigenvalue weighted by Gasteiger charge is -2.22. The van der Waals surface area contributed by atoms with Gasteiger partial charge in [-0.1, -0.05) is 19.6 Å². The Kier molecular flexibility index (Phi) is 7.79. The highest BCUT2D eigenvalue weighted by atomic mass is 16.5. The summed E-state index contributed by atoms with van der Waals surface area (Å²) in [6.45, 7) is 9.81. The van der Waals surface area contributed by atoms with Gasteiger partial charge in [-0.2, -0.15) is 5.12 Å². The number of nitrogens with zero attached hydrogens (tertiary/aromatic N) is 3. The van der Waals surface area contributed by atoms with Crippen LogP contribution in [-0.4, -0.2) is 36.0 Å². The van der Waals surface area contributed by atoms with Crippen molar-refractivity contribution < 1.29 is 4.74 Å². The van der Waals surface area contributed by atoms with Crippen molar-refractivity contribution in [1.29, 1.82) is 0 Å². The maximum atomic E-state index is 5.74. The summed E-state index contributed by atoms with van der Waals surface area (Å²) in [5.41, 5.74) is 8.96. The van der Waals surface area contributed by atoms with Gasteiger partial charge in [-0.15, -0.1) is 0 Å². The number of aromatic nitrogens is 1. The molecule has 1 aromatic heterocycles. The second-order valence-corrected chi connectivity index (χ2v) is 5.67. The third kappa shape index (κ3) is 5.98. The van der Waals surface area contributed by atoms with Crippen molar-refractivity contribution in [2.75, 3.05) is 20.1 Å².